The number of nitrogens with one attached hydrogen (secondary N) is 1. The van der Waals surface area contributed by atoms with Crippen LogP contribution in [0, 0.1) is 0 Å². The lowest BCUT2D eigenvalue weighted by molar-refractivity contribution is -0.130. The number of rotatable bonds is 4. The number of amides is 3. The highest BCUT2D eigenvalue weighted by Gasteiger charge is 2.36. The predicted octanol–water partition coefficient (Wildman–Crippen LogP) is 2.09. The van der Waals surface area contributed by atoms with Gasteiger partial charge in [-0.1, -0.05) is 6.07 Å². The molecule has 3 amide bonds. The molecule has 0 bridgehead atoms. The van der Waals surface area contributed by atoms with Crippen LogP contribution in [0.4, 0.5) is 10.6 Å². The average molecular weight is 302 g/mol. The fraction of sp³-hybridized carbons (Fsp3) is 0.562. The molecule has 0 spiro atoms. The van der Waals surface area contributed by atoms with Gasteiger partial charge >= 0.3 is 6.03 Å². The quantitative estimate of drug-likeness (QED) is 0.926. The standard InChI is InChI=1S/C16H22N4O2/c1-12(21)20(13-7-8-13)11-14-5-4-10-19(14)16(22)18-15-6-2-3-9-17-15/h2-3,6,9,13-14H,4-5,7-8,10-11H2,1H3,(H,17,18,22). The van der Waals surface area contributed by atoms with E-state index < -0.39 is 0 Å². The molecule has 2 aliphatic rings. The molecule has 1 atom stereocenters. The van der Waals surface area contributed by atoms with Crippen molar-refractivity contribution in [3.05, 3.63) is 24.4 Å². The molecule has 1 saturated carbocycles. The maximum atomic E-state index is 12.4. The summed E-state index contributed by atoms with van der Waals surface area (Å²) in [6.07, 6.45) is 5.77. The molecule has 1 N–H and O–H groups in total. The minimum atomic E-state index is -0.125. The van der Waals surface area contributed by atoms with Crippen molar-refractivity contribution >= 4 is 17.8 Å². The van der Waals surface area contributed by atoms with Crippen LogP contribution in [0.5, 0.6) is 0 Å². The summed E-state index contributed by atoms with van der Waals surface area (Å²) < 4.78 is 0. The van der Waals surface area contributed by atoms with Gasteiger partial charge in [0.05, 0.1) is 6.04 Å². The zero-order valence-electron chi connectivity index (χ0n) is 12.9. The van der Waals surface area contributed by atoms with E-state index in [0.29, 0.717) is 18.4 Å². The third kappa shape index (κ3) is 3.37. The number of aromatic nitrogens is 1. The minimum absolute atomic E-state index is 0.105. The van der Waals surface area contributed by atoms with Crippen LogP contribution in [0.3, 0.4) is 0 Å². The summed E-state index contributed by atoms with van der Waals surface area (Å²) in [5.74, 6) is 0.670. The van der Waals surface area contributed by atoms with E-state index in [4.69, 9.17) is 0 Å². The van der Waals surface area contributed by atoms with Crippen LogP contribution in [0.15, 0.2) is 24.4 Å². The van der Waals surface area contributed by atoms with Crippen LogP contribution in [-0.2, 0) is 4.79 Å². The second-order valence-corrected chi connectivity index (χ2v) is 6.04. The molecule has 2 heterocycles. The smallest absolute Gasteiger partial charge is 0.323 e. The highest BCUT2D eigenvalue weighted by Crippen LogP contribution is 2.29. The summed E-state index contributed by atoms with van der Waals surface area (Å²) in [6, 6.07) is 5.80. The summed E-state index contributed by atoms with van der Waals surface area (Å²) in [5.41, 5.74) is 0. The molecule has 118 valence electrons. The largest absolute Gasteiger partial charge is 0.338 e. The Morgan fingerprint density at radius 2 is 2.18 bits per heavy atom. The van der Waals surface area contributed by atoms with Gasteiger partial charge in [-0.05, 0) is 37.8 Å². The van der Waals surface area contributed by atoms with Gasteiger partial charge in [-0.2, -0.15) is 0 Å². The van der Waals surface area contributed by atoms with E-state index >= 15 is 0 Å². The molecule has 22 heavy (non-hydrogen) atoms. The van der Waals surface area contributed by atoms with E-state index in [2.05, 4.69) is 10.3 Å². The van der Waals surface area contributed by atoms with Crippen molar-refractivity contribution in [3.8, 4) is 0 Å². The highest BCUT2D eigenvalue weighted by molar-refractivity contribution is 5.88. The molecule has 2 fully saturated rings. The summed E-state index contributed by atoms with van der Waals surface area (Å²) >= 11 is 0. The fourth-order valence-corrected chi connectivity index (χ4v) is 3.06. The Morgan fingerprint density at radius 3 is 2.82 bits per heavy atom. The van der Waals surface area contributed by atoms with Crippen LogP contribution >= 0.6 is 0 Å². The first kappa shape index (κ1) is 14.8. The van der Waals surface area contributed by atoms with Gasteiger partial charge in [0.25, 0.3) is 0 Å². The summed E-state index contributed by atoms with van der Waals surface area (Å²) in [4.78, 5) is 32.1. The van der Waals surface area contributed by atoms with Crippen LogP contribution in [0.2, 0.25) is 0 Å². The highest BCUT2D eigenvalue weighted by atomic mass is 16.2. The Morgan fingerprint density at radius 1 is 1.36 bits per heavy atom. The predicted molar refractivity (Wildman–Crippen MR) is 83.4 cm³/mol. The maximum absolute atomic E-state index is 12.4. The normalized spacial score (nSPS) is 20.8. The number of nitrogens with zero attached hydrogens (tertiary/aromatic N) is 3. The van der Waals surface area contributed by atoms with Gasteiger partial charge in [-0.25, -0.2) is 9.78 Å². The van der Waals surface area contributed by atoms with Crippen LogP contribution in [0.25, 0.3) is 0 Å². The van der Waals surface area contributed by atoms with Crippen molar-refractivity contribution in [2.24, 2.45) is 0 Å². The number of hydrogen-bond acceptors (Lipinski definition) is 3. The first-order valence-corrected chi connectivity index (χ1v) is 7.91. The van der Waals surface area contributed by atoms with Crippen molar-refractivity contribution in [3.63, 3.8) is 0 Å². The van der Waals surface area contributed by atoms with Crippen molar-refractivity contribution in [2.45, 2.75) is 44.7 Å². The second-order valence-electron chi connectivity index (χ2n) is 6.04. The molecule has 1 unspecified atom stereocenters. The van der Waals surface area contributed by atoms with Gasteiger partial charge in [0.15, 0.2) is 0 Å². The fourth-order valence-electron chi connectivity index (χ4n) is 3.06. The Labute approximate surface area is 130 Å². The van der Waals surface area contributed by atoms with E-state index in [9.17, 15) is 9.59 Å². The van der Waals surface area contributed by atoms with Gasteiger partial charge in [-0.15, -0.1) is 0 Å². The van der Waals surface area contributed by atoms with Gasteiger partial charge in [0, 0.05) is 32.3 Å². The Bertz CT molecular complexity index is 544. The molecule has 1 aliphatic carbocycles. The molecule has 0 radical (unpaired) electrons. The molecular weight excluding hydrogens is 280 g/mol. The Kier molecular flexibility index (Phi) is 4.27. The molecule has 0 aromatic carbocycles. The van der Waals surface area contributed by atoms with Crippen LogP contribution in [0.1, 0.15) is 32.6 Å². The Balaban J connectivity index is 1.62. The number of likely N-dealkylation sites (tertiary alicyclic amines) is 1. The summed E-state index contributed by atoms with van der Waals surface area (Å²) in [5, 5.41) is 2.83. The average Bonchev–Trinajstić information content (AvgIpc) is 3.23. The minimum Gasteiger partial charge on any atom is -0.338 e. The first-order chi connectivity index (χ1) is 10.6. The topological polar surface area (TPSA) is 65.5 Å². The molecular formula is C16H22N4O2. The Hall–Kier alpha value is -2.11. The third-order valence-corrected chi connectivity index (χ3v) is 4.34. The van der Waals surface area contributed by atoms with Crippen LogP contribution < -0.4 is 5.32 Å². The number of carbonyl (C=O) groups is 2. The number of carbonyl (C=O) groups excluding carboxylic acids is 2. The van der Waals surface area contributed by atoms with E-state index in [1.54, 1.807) is 19.2 Å². The molecule has 6 nitrogen and oxygen atoms in total. The summed E-state index contributed by atoms with van der Waals surface area (Å²) in [6.45, 7) is 3.00. The van der Waals surface area contributed by atoms with E-state index in [1.807, 2.05) is 21.9 Å². The SMILES string of the molecule is CC(=O)N(CC1CCCN1C(=O)Nc1ccccn1)C1CC1. The van der Waals surface area contributed by atoms with E-state index in [-0.39, 0.29) is 18.0 Å². The van der Waals surface area contributed by atoms with Gasteiger partial charge in [0.1, 0.15) is 5.82 Å². The first-order valence-electron chi connectivity index (χ1n) is 7.91. The molecule has 1 aromatic heterocycles. The molecule has 3 rings (SSSR count). The van der Waals surface area contributed by atoms with Gasteiger partial charge in [0.2, 0.25) is 5.91 Å². The zero-order chi connectivity index (χ0) is 15.5. The number of urea groups is 1. The number of pyridine rings is 1. The molecule has 1 aromatic rings. The van der Waals surface area contributed by atoms with Crippen molar-refractivity contribution in [2.75, 3.05) is 18.4 Å². The zero-order valence-corrected chi connectivity index (χ0v) is 12.9. The maximum Gasteiger partial charge on any atom is 0.323 e. The summed E-state index contributed by atoms with van der Waals surface area (Å²) in [7, 11) is 0. The second kappa shape index (κ2) is 6.34. The molecule has 1 saturated heterocycles. The lowest BCUT2D eigenvalue weighted by atomic mass is 10.2. The third-order valence-electron chi connectivity index (χ3n) is 4.34. The van der Waals surface area contributed by atoms with Crippen molar-refractivity contribution in [1.29, 1.82) is 0 Å². The molecule has 1 aliphatic heterocycles. The van der Waals surface area contributed by atoms with Crippen LogP contribution in [-0.4, -0.2) is 51.9 Å². The number of anilines is 1. The monoisotopic (exact) mass is 302 g/mol. The van der Waals surface area contributed by atoms with E-state index in [0.717, 1.165) is 32.2 Å². The van der Waals surface area contributed by atoms with Crippen molar-refractivity contribution < 1.29 is 9.59 Å². The number of hydrogen-bond donors (Lipinski definition) is 1. The lowest BCUT2D eigenvalue weighted by Gasteiger charge is -2.30. The van der Waals surface area contributed by atoms with Gasteiger partial charge < -0.3 is 9.80 Å². The van der Waals surface area contributed by atoms with E-state index in [1.165, 1.54) is 0 Å². The lowest BCUT2D eigenvalue weighted by Crippen LogP contribution is -2.46. The van der Waals surface area contributed by atoms with Gasteiger partial charge in [-0.3, -0.25) is 10.1 Å². The molecule has 6 heteroatoms. The van der Waals surface area contributed by atoms with Crippen molar-refractivity contribution in [1.82, 2.24) is 14.8 Å².